The Hall–Kier alpha value is -3.79. The first-order valence-electron chi connectivity index (χ1n) is 9.85. The van der Waals surface area contributed by atoms with Crippen LogP contribution in [0.15, 0.2) is 54.6 Å². The summed E-state index contributed by atoms with van der Waals surface area (Å²) in [4.78, 5) is 46.7. The predicted molar refractivity (Wildman–Crippen MR) is 113 cm³/mol. The van der Waals surface area contributed by atoms with Crippen LogP contribution in [0.5, 0.6) is 0 Å². The van der Waals surface area contributed by atoms with Gasteiger partial charge in [-0.1, -0.05) is 42.5 Å². The Morgan fingerprint density at radius 1 is 1.09 bits per heavy atom. The maximum absolute atomic E-state index is 12.3. The maximum Gasteiger partial charge on any atom is 0.326 e. The second-order valence-electron chi connectivity index (χ2n) is 6.83. The average Bonchev–Trinajstić information content (AvgIpc) is 2.77. The zero-order valence-electron chi connectivity index (χ0n) is 17.4. The first-order chi connectivity index (χ1) is 15.3. The van der Waals surface area contributed by atoms with E-state index in [9.17, 15) is 29.6 Å². The molecule has 0 saturated heterocycles. The number of non-ortho nitro benzene ring substituents is 1. The van der Waals surface area contributed by atoms with Gasteiger partial charge in [-0.05, 0) is 18.1 Å². The van der Waals surface area contributed by atoms with Gasteiger partial charge in [0.25, 0.3) is 5.69 Å². The average molecular weight is 444 g/mol. The minimum atomic E-state index is -1.48. The van der Waals surface area contributed by atoms with Crippen molar-refractivity contribution in [2.75, 3.05) is 13.2 Å². The third kappa shape index (κ3) is 7.47. The van der Waals surface area contributed by atoms with Gasteiger partial charge < -0.3 is 19.9 Å². The van der Waals surface area contributed by atoms with Crippen molar-refractivity contribution in [2.24, 2.45) is 0 Å². The predicted octanol–water partition coefficient (Wildman–Crippen LogP) is 2.42. The van der Waals surface area contributed by atoms with E-state index in [0.29, 0.717) is 5.56 Å². The second-order valence-corrected chi connectivity index (χ2v) is 6.83. The molecule has 2 N–H and O–H groups in total. The first kappa shape index (κ1) is 24.5. The van der Waals surface area contributed by atoms with Gasteiger partial charge >= 0.3 is 11.9 Å². The molecular weight excluding hydrogens is 420 g/mol. The Bertz CT molecular complexity index is 931. The summed E-state index contributed by atoms with van der Waals surface area (Å²) in [6.07, 6.45) is -0.340. The number of amides is 1. The summed E-state index contributed by atoms with van der Waals surface area (Å²) in [6, 6.07) is 12.8. The largest absolute Gasteiger partial charge is 0.480 e. The third-order valence-electron chi connectivity index (χ3n) is 4.55. The van der Waals surface area contributed by atoms with Crippen LogP contribution in [0, 0.1) is 10.1 Å². The molecule has 0 saturated carbocycles. The van der Waals surface area contributed by atoms with E-state index >= 15 is 0 Å². The lowest BCUT2D eigenvalue weighted by Crippen LogP contribution is -2.46. The van der Waals surface area contributed by atoms with Gasteiger partial charge in [-0.25, -0.2) is 4.79 Å². The van der Waals surface area contributed by atoms with Crippen LogP contribution in [-0.2, 0) is 30.5 Å². The van der Waals surface area contributed by atoms with Crippen molar-refractivity contribution in [3.63, 3.8) is 0 Å². The fraction of sp³-hybridized carbons (Fsp3) is 0.318. The van der Waals surface area contributed by atoms with Gasteiger partial charge in [-0.15, -0.1) is 0 Å². The Balaban J connectivity index is 2.14. The number of esters is 1. The maximum atomic E-state index is 12.3. The van der Waals surface area contributed by atoms with Gasteiger partial charge in [0.1, 0.15) is 12.6 Å². The Morgan fingerprint density at radius 2 is 1.75 bits per heavy atom. The van der Waals surface area contributed by atoms with Crippen molar-refractivity contribution in [3.05, 3.63) is 75.8 Å². The number of benzene rings is 2. The zero-order chi connectivity index (χ0) is 23.5. The van der Waals surface area contributed by atoms with E-state index < -0.39 is 34.7 Å². The van der Waals surface area contributed by atoms with Crippen LogP contribution >= 0.6 is 0 Å². The summed E-state index contributed by atoms with van der Waals surface area (Å²) in [5.74, 6) is -3.71. The number of ether oxygens (including phenoxy) is 2. The summed E-state index contributed by atoms with van der Waals surface area (Å²) >= 11 is 0. The van der Waals surface area contributed by atoms with Crippen LogP contribution in [0.4, 0.5) is 5.69 Å². The molecule has 2 rings (SSSR count). The number of nitro benzene ring substituents is 1. The number of rotatable bonds is 12. The molecule has 170 valence electrons. The molecule has 10 nitrogen and oxygen atoms in total. The van der Waals surface area contributed by atoms with E-state index in [-0.39, 0.29) is 31.9 Å². The van der Waals surface area contributed by atoms with Crippen molar-refractivity contribution >= 4 is 23.5 Å². The lowest BCUT2D eigenvalue weighted by molar-refractivity contribution is -0.384. The molecular formula is C22H24N2O8. The molecule has 0 aliphatic rings. The lowest BCUT2D eigenvalue weighted by atomic mass is 9.88. The van der Waals surface area contributed by atoms with Crippen molar-refractivity contribution in [1.82, 2.24) is 5.32 Å². The molecule has 0 bridgehead atoms. The monoisotopic (exact) mass is 444 g/mol. The molecule has 0 aromatic heterocycles. The van der Waals surface area contributed by atoms with Crippen LogP contribution in [0.25, 0.3) is 0 Å². The number of hydrogen-bond donors (Lipinski definition) is 2. The molecule has 0 aliphatic heterocycles. The molecule has 0 unspecified atom stereocenters. The smallest absolute Gasteiger partial charge is 0.326 e. The number of nitro groups is 1. The van der Waals surface area contributed by atoms with Crippen LogP contribution < -0.4 is 5.32 Å². The molecule has 0 radical (unpaired) electrons. The lowest BCUT2D eigenvalue weighted by Gasteiger charge is -2.24. The van der Waals surface area contributed by atoms with Gasteiger partial charge in [-0.2, -0.15) is 0 Å². The summed E-state index contributed by atoms with van der Waals surface area (Å²) in [5.41, 5.74) is 0.997. The number of carboxylic acid groups (broad SMARTS) is 1. The van der Waals surface area contributed by atoms with Crippen molar-refractivity contribution < 1.29 is 33.9 Å². The summed E-state index contributed by atoms with van der Waals surface area (Å²) in [6.45, 7) is 1.49. The quantitative estimate of drug-likeness (QED) is 0.288. The number of carbonyl (C=O) groups is 3. The highest BCUT2D eigenvalue weighted by Gasteiger charge is 2.33. The number of carboxylic acids is 1. The third-order valence-corrected chi connectivity index (χ3v) is 4.55. The van der Waals surface area contributed by atoms with E-state index in [1.165, 1.54) is 24.3 Å². The number of carbonyl (C=O) groups excluding carboxylic acids is 2. The van der Waals surface area contributed by atoms with Crippen molar-refractivity contribution in [3.8, 4) is 0 Å². The highest BCUT2D eigenvalue weighted by Crippen LogP contribution is 2.27. The normalized spacial score (nSPS) is 12.4. The molecule has 0 aliphatic carbocycles. The molecule has 1 amide bonds. The van der Waals surface area contributed by atoms with E-state index in [1.807, 2.05) is 30.3 Å². The molecule has 2 aromatic carbocycles. The Morgan fingerprint density at radius 3 is 2.31 bits per heavy atom. The Labute approximate surface area is 184 Å². The fourth-order valence-corrected chi connectivity index (χ4v) is 3.06. The zero-order valence-corrected chi connectivity index (χ0v) is 17.4. The standard InChI is InChI=1S/C22H24N2O8/c1-2-32-20(26)12-18(16-8-10-17(11-9-16)24(29)30)21(22(27)28)23-19(25)14-31-13-15-6-4-3-5-7-15/h3-11,18,21H,2,12-14H2,1H3,(H,23,25)(H,27,28)/t18-,21-/m0/s1. The number of hydrogen-bond acceptors (Lipinski definition) is 7. The van der Waals surface area contributed by atoms with Gasteiger partial charge in [0, 0.05) is 18.1 Å². The van der Waals surface area contributed by atoms with Gasteiger partial charge in [0.15, 0.2) is 0 Å². The topological polar surface area (TPSA) is 145 Å². The van der Waals surface area contributed by atoms with Crippen LogP contribution in [0.1, 0.15) is 30.4 Å². The fourth-order valence-electron chi connectivity index (χ4n) is 3.06. The van der Waals surface area contributed by atoms with Gasteiger partial charge in [-0.3, -0.25) is 19.7 Å². The SMILES string of the molecule is CCOC(=O)C[C@@H](c1ccc([N+](=O)[O-])cc1)[C@H](NC(=O)COCc1ccccc1)C(=O)O. The summed E-state index contributed by atoms with van der Waals surface area (Å²) in [7, 11) is 0. The van der Waals surface area contributed by atoms with Gasteiger partial charge in [0.2, 0.25) is 5.91 Å². The minimum absolute atomic E-state index is 0.100. The highest BCUT2D eigenvalue weighted by atomic mass is 16.6. The number of aliphatic carboxylic acids is 1. The van der Waals surface area contributed by atoms with E-state index in [2.05, 4.69) is 5.32 Å². The van der Waals surface area contributed by atoms with E-state index in [1.54, 1.807) is 6.92 Å². The molecule has 0 heterocycles. The highest BCUT2D eigenvalue weighted by molar-refractivity contribution is 5.86. The number of nitrogens with one attached hydrogen (secondary N) is 1. The molecule has 2 atom stereocenters. The van der Waals surface area contributed by atoms with Crippen molar-refractivity contribution in [1.29, 1.82) is 0 Å². The summed E-state index contributed by atoms with van der Waals surface area (Å²) < 4.78 is 10.3. The first-order valence-corrected chi connectivity index (χ1v) is 9.85. The molecule has 0 spiro atoms. The van der Waals surface area contributed by atoms with Crippen LogP contribution in [0.3, 0.4) is 0 Å². The van der Waals surface area contributed by atoms with E-state index in [4.69, 9.17) is 9.47 Å². The molecule has 0 fully saturated rings. The second kappa shape index (κ2) is 12.2. The summed E-state index contributed by atoms with van der Waals surface area (Å²) in [5, 5.41) is 23.0. The molecule has 32 heavy (non-hydrogen) atoms. The van der Waals surface area contributed by atoms with Crippen LogP contribution in [-0.4, -0.2) is 47.1 Å². The number of nitrogens with zero attached hydrogens (tertiary/aromatic N) is 1. The molecule has 2 aromatic rings. The van der Waals surface area contributed by atoms with Gasteiger partial charge in [0.05, 0.1) is 24.6 Å². The van der Waals surface area contributed by atoms with Crippen molar-refractivity contribution in [2.45, 2.75) is 31.9 Å². The van der Waals surface area contributed by atoms with Crippen LogP contribution in [0.2, 0.25) is 0 Å². The Kier molecular flexibility index (Phi) is 9.30. The van der Waals surface area contributed by atoms with E-state index in [0.717, 1.165) is 5.56 Å². The molecule has 10 heteroatoms. The minimum Gasteiger partial charge on any atom is -0.480 e.